The SMILES string of the molecule is CCC(C)(Cn1nnnc1-c1ccc(Cl)cc1C)C(=O)O. The number of carboxylic acid groups (broad SMARTS) is 1. The van der Waals surface area contributed by atoms with E-state index in [4.69, 9.17) is 11.6 Å². The highest BCUT2D eigenvalue weighted by atomic mass is 35.5. The van der Waals surface area contributed by atoms with Gasteiger partial charge in [-0.15, -0.1) is 5.10 Å². The molecule has 0 amide bonds. The number of aromatic nitrogens is 4. The topological polar surface area (TPSA) is 80.9 Å². The maximum Gasteiger partial charge on any atom is 0.311 e. The predicted molar refractivity (Wildman–Crippen MR) is 79.0 cm³/mol. The van der Waals surface area contributed by atoms with Crippen molar-refractivity contribution < 1.29 is 9.90 Å². The van der Waals surface area contributed by atoms with Crippen molar-refractivity contribution in [1.29, 1.82) is 0 Å². The first-order valence-electron chi connectivity index (χ1n) is 6.63. The summed E-state index contributed by atoms with van der Waals surface area (Å²) in [7, 11) is 0. The van der Waals surface area contributed by atoms with E-state index in [-0.39, 0.29) is 6.54 Å². The maximum absolute atomic E-state index is 11.4. The van der Waals surface area contributed by atoms with Crippen LogP contribution >= 0.6 is 11.6 Å². The minimum absolute atomic E-state index is 0.212. The summed E-state index contributed by atoms with van der Waals surface area (Å²) in [5, 5.41) is 21.7. The lowest BCUT2D eigenvalue weighted by molar-refractivity contribution is -0.149. The summed E-state index contributed by atoms with van der Waals surface area (Å²) in [6, 6.07) is 5.43. The number of hydrogen-bond donors (Lipinski definition) is 1. The van der Waals surface area contributed by atoms with E-state index >= 15 is 0 Å². The first-order chi connectivity index (χ1) is 9.87. The van der Waals surface area contributed by atoms with Crippen molar-refractivity contribution in [3.8, 4) is 11.4 Å². The Bertz CT molecular complexity index is 671. The predicted octanol–water partition coefficient (Wildman–Crippen LogP) is 2.80. The number of hydrogen-bond acceptors (Lipinski definition) is 4. The van der Waals surface area contributed by atoms with E-state index in [0.717, 1.165) is 11.1 Å². The molecule has 0 aliphatic heterocycles. The van der Waals surface area contributed by atoms with E-state index in [1.807, 2.05) is 26.0 Å². The molecule has 2 aromatic rings. The second-order valence-corrected chi connectivity index (χ2v) is 5.78. The smallest absolute Gasteiger partial charge is 0.311 e. The average Bonchev–Trinajstić information content (AvgIpc) is 2.86. The van der Waals surface area contributed by atoms with Crippen molar-refractivity contribution in [3.05, 3.63) is 28.8 Å². The Morgan fingerprint density at radius 2 is 2.19 bits per heavy atom. The Morgan fingerprint density at radius 1 is 1.48 bits per heavy atom. The second kappa shape index (κ2) is 5.81. The Morgan fingerprint density at radius 3 is 2.76 bits per heavy atom. The highest BCUT2D eigenvalue weighted by Gasteiger charge is 2.33. The number of aliphatic carboxylic acids is 1. The van der Waals surface area contributed by atoms with Gasteiger partial charge < -0.3 is 5.11 Å². The van der Waals surface area contributed by atoms with E-state index in [1.165, 1.54) is 4.68 Å². The van der Waals surface area contributed by atoms with E-state index in [1.54, 1.807) is 13.0 Å². The van der Waals surface area contributed by atoms with E-state index in [0.29, 0.717) is 17.3 Å². The van der Waals surface area contributed by atoms with Crippen LogP contribution in [-0.4, -0.2) is 31.3 Å². The zero-order valence-electron chi connectivity index (χ0n) is 12.2. The largest absolute Gasteiger partial charge is 0.481 e. The van der Waals surface area contributed by atoms with Crippen molar-refractivity contribution in [2.24, 2.45) is 5.41 Å². The second-order valence-electron chi connectivity index (χ2n) is 5.34. The summed E-state index contributed by atoms with van der Waals surface area (Å²) in [4.78, 5) is 11.4. The number of nitrogens with zero attached hydrogens (tertiary/aromatic N) is 4. The lowest BCUT2D eigenvalue weighted by Crippen LogP contribution is -2.32. The Kier molecular flexibility index (Phi) is 4.27. The van der Waals surface area contributed by atoms with Gasteiger partial charge in [0.15, 0.2) is 5.82 Å². The molecule has 0 aliphatic rings. The van der Waals surface area contributed by atoms with E-state index in [2.05, 4.69) is 15.5 Å². The number of halogens is 1. The van der Waals surface area contributed by atoms with Gasteiger partial charge in [0.25, 0.3) is 0 Å². The van der Waals surface area contributed by atoms with Crippen molar-refractivity contribution in [2.75, 3.05) is 0 Å². The van der Waals surface area contributed by atoms with E-state index < -0.39 is 11.4 Å². The normalized spacial score (nSPS) is 13.9. The number of aryl methyl sites for hydroxylation is 1. The number of tetrazole rings is 1. The number of carbonyl (C=O) groups is 1. The summed E-state index contributed by atoms with van der Waals surface area (Å²) in [6.07, 6.45) is 0.487. The molecule has 21 heavy (non-hydrogen) atoms. The first kappa shape index (κ1) is 15.4. The van der Waals surface area contributed by atoms with Gasteiger partial charge in [-0.05, 0) is 54.5 Å². The van der Waals surface area contributed by atoms with Crippen molar-refractivity contribution in [1.82, 2.24) is 20.2 Å². The van der Waals surface area contributed by atoms with Crippen LogP contribution in [0.25, 0.3) is 11.4 Å². The fourth-order valence-corrected chi connectivity index (χ4v) is 2.27. The van der Waals surface area contributed by atoms with Gasteiger partial charge in [-0.3, -0.25) is 4.79 Å². The molecule has 0 spiro atoms. The lowest BCUT2D eigenvalue weighted by Gasteiger charge is -2.23. The van der Waals surface area contributed by atoms with Crippen molar-refractivity contribution in [2.45, 2.75) is 33.7 Å². The van der Waals surface area contributed by atoms with Crippen LogP contribution in [-0.2, 0) is 11.3 Å². The minimum Gasteiger partial charge on any atom is -0.481 e. The molecule has 1 atom stereocenters. The summed E-state index contributed by atoms with van der Waals surface area (Å²) in [6.45, 7) is 5.65. The molecular weight excluding hydrogens is 292 g/mol. The Hall–Kier alpha value is -1.95. The van der Waals surface area contributed by atoms with Crippen molar-refractivity contribution >= 4 is 17.6 Å². The fourth-order valence-electron chi connectivity index (χ4n) is 2.04. The van der Waals surface area contributed by atoms with Crippen LogP contribution in [0.4, 0.5) is 0 Å². The van der Waals surface area contributed by atoms with Crippen LogP contribution in [0.3, 0.4) is 0 Å². The number of carboxylic acids is 1. The fraction of sp³-hybridized carbons (Fsp3) is 0.429. The molecule has 1 aromatic carbocycles. The van der Waals surface area contributed by atoms with Gasteiger partial charge in [0.2, 0.25) is 0 Å². The quantitative estimate of drug-likeness (QED) is 0.918. The van der Waals surface area contributed by atoms with Gasteiger partial charge >= 0.3 is 5.97 Å². The average molecular weight is 309 g/mol. The molecule has 112 valence electrons. The lowest BCUT2D eigenvalue weighted by atomic mass is 9.87. The van der Waals surface area contributed by atoms with Crippen LogP contribution in [0.2, 0.25) is 5.02 Å². The molecule has 1 N–H and O–H groups in total. The first-order valence-corrected chi connectivity index (χ1v) is 7.01. The van der Waals surface area contributed by atoms with Crippen LogP contribution in [0.15, 0.2) is 18.2 Å². The molecule has 1 unspecified atom stereocenters. The van der Waals surface area contributed by atoms with Gasteiger partial charge in [0.05, 0.1) is 12.0 Å². The number of benzene rings is 1. The summed E-state index contributed by atoms with van der Waals surface area (Å²) >= 11 is 5.95. The standard InChI is InChI=1S/C14H17ClN4O2/c1-4-14(3,13(20)21)8-19-12(16-17-18-19)11-6-5-10(15)7-9(11)2/h5-7H,4,8H2,1-3H3,(H,20,21). The Labute approximate surface area is 127 Å². The molecule has 0 aliphatic carbocycles. The third-order valence-electron chi connectivity index (χ3n) is 3.76. The molecule has 0 radical (unpaired) electrons. The van der Waals surface area contributed by atoms with Gasteiger partial charge in [-0.2, -0.15) is 0 Å². The Balaban J connectivity index is 2.41. The summed E-state index contributed by atoms with van der Waals surface area (Å²) in [5.41, 5.74) is 0.866. The van der Waals surface area contributed by atoms with Gasteiger partial charge in [-0.25, -0.2) is 4.68 Å². The zero-order valence-corrected chi connectivity index (χ0v) is 12.9. The van der Waals surface area contributed by atoms with Crippen LogP contribution < -0.4 is 0 Å². The summed E-state index contributed by atoms with van der Waals surface area (Å²) < 4.78 is 1.54. The molecule has 0 saturated carbocycles. The van der Waals surface area contributed by atoms with Gasteiger partial charge in [0, 0.05) is 10.6 Å². The molecule has 0 fully saturated rings. The van der Waals surface area contributed by atoms with Gasteiger partial charge in [-0.1, -0.05) is 18.5 Å². The third kappa shape index (κ3) is 3.05. The minimum atomic E-state index is -0.912. The van der Waals surface area contributed by atoms with Crippen LogP contribution in [0.1, 0.15) is 25.8 Å². The third-order valence-corrected chi connectivity index (χ3v) is 3.99. The monoisotopic (exact) mass is 308 g/mol. The molecular formula is C14H17ClN4O2. The van der Waals surface area contributed by atoms with Crippen LogP contribution in [0.5, 0.6) is 0 Å². The highest BCUT2D eigenvalue weighted by molar-refractivity contribution is 6.30. The molecule has 6 nitrogen and oxygen atoms in total. The molecule has 1 aromatic heterocycles. The molecule has 7 heteroatoms. The number of rotatable bonds is 5. The maximum atomic E-state index is 11.4. The van der Waals surface area contributed by atoms with Crippen molar-refractivity contribution in [3.63, 3.8) is 0 Å². The zero-order chi connectivity index (χ0) is 15.6. The van der Waals surface area contributed by atoms with Crippen LogP contribution in [0, 0.1) is 12.3 Å². The highest BCUT2D eigenvalue weighted by Crippen LogP contribution is 2.28. The van der Waals surface area contributed by atoms with E-state index in [9.17, 15) is 9.90 Å². The molecule has 1 heterocycles. The molecule has 2 rings (SSSR count). The molecule has 0 saturated heterocycles. The summed E-state index contributed by atoms with van der Waals surface area (Å²) in [5.74, 6) is -0.315. The van der Waals surface area contributed by atoms with Gasteiger partial charge in [0.1, 0.15) is 0 Å². The molecule has 0 bridgehead atoms.